The minimum absolute atomic E-state index is 0.212. The van der Waals surface area contributed by atoms with Gasteiger partial charge in [0, 0.05) is 0 Å². The average molecular weight is 331 g/mol. The lowest BCUT2D eigenvalue weighted by molar-refractivity contribution is 0.0530. The van der Waals surface area contributed by atoms with Gasteiger partial charge >= 0.3 is 5.97 Å². The monoisotopic (exact) mass is 330 g/mol. The first-order chi connectivity index (χ1) is 8.47. The molecule has 0 radical (unpaired) electrons. The van der Waals surface area contributed by atoms with E-state index in [1.165, 1.54) is 11.3 Å². The summed E-state index contributed by atoms with van der Waals surface area (Å²) in [4.78, 5) is 13.6. The summed E-state index contributed by atoms with van der Waals surface area (Å²) in [6.07, 6.45) is 0. The van der Waals surface area contributed by atoms with E-state index in [1.807, 2.05) is 18.4 Å². The van der Waals surface area contributed by atoms with Crippen LogP contribution in [0.3, 0.4) is 0 Å². The smallest absolute Gasteiger partial charge is 0.350 e. The number of carbonyl (C=O) groups is 1. The third kappa shape index (κ3) is 2.07. The first kappa shape index (κ1) is 13.5. The van der Waals surface area contributed by atoms with Crippen molar-refractivity contribution in [3.63, 3.8) is 0 Å². The molecule has 2 rings (SSSR count). The number of fused-ring (bicyclic) bond motifs is 1. The van der Waals surface area contributed by atoms with Gasteiger partial charge in [-0.25, -0.2) is 9.31 Å². The van der Waals surface area contributed by atoms with Gasteiger partial charge in [-0.1, -0.05) is 13.8 Å². The van der Waals surface area contributed by atoms with Gasteiger partial charge in [-0.05, 0) is 35.7 Å². The normalized spacial score (nSPS) is 11.4. The number of aryl methyl sites for hydroxylation is 1. The molecule has 98 valence electrons. The van der Waals surface area contributed by atoms with E-state index in [-0.39, 0.29) is 11.9 Å². The van der Waals surface area contributed by atoms with Crippen LogP contribution in [0.25, 0.3) is 4.83 Å². The van der Waals surface area contributed by atoms with Crippen LogP contribution >= 0.6 is 27.3 Å². The highest BCUT2D eigenvalue weighted by atomic mass is 79.9. The van der Waals surface area contributed by atoms with Gasteiger partial charge in [-0.15, -0.1) is 11.3 Å². The van der Waals surface area contributed by atoms with E-state index in [1.54, 1.807) is 0 Å². The van der Waals surface area contributed by atoms with Crippen molar-refractivity contribution in [2.45, 2.75) is 33.6 Å². The third-order valence-corrected chi connectivity index (χ3v) is 4.98. The lowest BCUT2D eigenvalue weighted by atomic mass is 10.1. The number of thiazole rings is 1. The lowest BCUT2D eigenvalue weighted by Gasteiger charge is -2.06. The molecule has 0 aromatic carbocycles. The van der Waals surface area contributed by atoms with E-state index < -0.39 is 0 Å². The average Bonchev–Trinajstić information content (AvgIpc) is 2.78. The highest BCUT2D eigenvalue weighted by Gasteiger charge is 2.24. The maximum absolute atomic E-state index is 12.0. The third-order valence-electron chi connectivity index (χ3n) is 2.62. The van der Waals surface area contributed by atoms with E-state index >= 15 is 0 Å². The van der Waals surface area contributed by atoms with Crippen molar-refractivity contribution in [1.82, 2.24) is 9.61 Å². The van der Waals surface area contributed by atoms with Crippen molar-refractivity contribution in [2.75, 3.05) is 6.61 Å². The Morgan fingerprint density at radius 1 is 1.56 bits per heavy atom. The van der Waals surface area contributed by atoms with Crippen molar-refractivity contribution in [2.24, 2.45) is 0 Å². The molecule has 0 saturated heterocycles. The van der Waals surface area contributed by atoms with Crippen LogP contribution < -0.4 is 0 Å². The van der Waals surface area contributed by atoms with Crippen molar-refractivity contribution < 1.29 is 9.53 Å². The standard InChI is InChI=1S/C12H15BrN2O2S/c1-5-17-12(16)10-9(6(2)3)15-11(18-10)8(13)7(4)14-15/h6H,5H2,1-4H3. The molecule has 0 N–H and O–H groups in total. The summed E-state index contributed by atoms with van der Waals surface area (Å²) in [6, 6.07) is 0. The minimum atomic E-state index is -0.263. The van der Waals surface area contributed by atoms with Crippen LogP contribution in [-0.2, 0) is 4.74 Å². The number of halogens is 1. The molecular weight excluding hydrogens is 316 g/mol. The van der Waals surface area contributed by atoms with Crippen LogP contribution in [-0.4, -0.2) is 22.2 Å². The van der Waals surface area contributed by atoms with Crippen molar-refractivity contribution in [3.05, 3.63) is 20.7 Å². The second-order valence-electron chi connectivity index (χ2n) is 4.31. The number of nitrogens with zero attached hydrogens (tertiary/aromatic N) is 2. The Kier molecular flexibility index (Phi) is 3.77. The summed E-state index contributed by atoms with van der Waals surface area (Å²) in [6.45, 7) is 8.24. The van der Waals surface area contributed by atoms with Crippen LogP contribution in [0.1, 0.15) is 47.7 Å². The SMILES string of the molecule is CCOC(=O)c1sc2c(Br)c(C)nn2c1C(C)C. The summed E-state index contributed by atoms with van der Waals surface area (Å²) in [5.41, 5.74) is 1.85. The number of hydrogen-bond acceptors (Lipinski definition) is 4. The van der Waals surface area contributed by atoms with Gasteiger partial charge < -0.3 is 4.74 Å². The fraction of sp³-hybridized carbons (Fsp3) is 0.500. The molecule has 0 aliphatic carbocycles. The molecule has 0 atom stereocenters. The van der Waals surface area contributed by atoms with E-state index in [9.17, 15) is 4.79 Å². The number of ether oxygens (including phenoxy) is 1. The highest BCUT2D eigenvalue weighted by molar-refractivity contribution is 9.10. The zero-order chi connectivity index (χ0) is 13.4. The fourth-order valence-corrected chi connectivity index (χ4v) is 3.55. The zero-order valence-electron chi connectivity index (χ0n) is 10.8. The molecular formula is C12H15BrN2O2S. The maximum Gasteiger partial charge on any atom is 0.350 e. The molecule has 0 amide bonds. The molecule has 4 nitrogen and oxygen atoms in total. The Morgan fingerprint density at radius 3 is 2.78 bits per heavy atom. The molecule has 2 aromatic heterocycles. The van der Waals surface area contributed by atoms with E-state index in [4.69, 9.17) is 4.74 Å². The van der Waals surface area contributed by atoms with Crippen LogP contribution in [0, 0.1) is 6.92 Å². The molecule has 18 heavy (non-hydrogen) atoms. The van der Waals surface area contributed by atoms with Crippen LogP contribution in [0.4, 0.5) is 0 Å². The molecule has 0 unspecified atom stereocenters. The second kappa shape index (κ2) is 5.01. The van der Waals surface area contributed by atoms with E-state index in [2.05, 4.69) is 34.9 Å². The molecule has 2 aromatic rings. The predicted octanol–water partition coefficient (Wildman–Crippen LogP) is 3.77. The summed E-state index contributed by atoms with van der Waals surface area (Å²) in [5.74, 6) is -0.0504. The van der Waals surface area contributed by atoms with Gasteiger partial charge in [0.2, 0.25) is 0 Å². The van der Waals surface area contributed by atoms with Gasteiger partial charge in [-0.2, -0.15) is 5.10 Å². The fourth-order valence-electron chi connectivity index (χ4n) is 1.83. The van der Waals surface area contributed by atoms with Crippen LogP contribution in [0.2, 0.25) is 0 Å². The Hall–Kier alpha value is -0.880. The van der Waals surface area contributed by atoms with E-state index in [0.717, 1.165) is 20.7 Å². The Labute approximate surface area is 118 Å². The summed E-state index contributed by atoms with van der Waals surface area (Å²) in [5, 5.41) is 4.47. The first-order valence-electron chi connectivity index (χ1n) is 5.82. The molecule has 0 spiro atoms. The van der Waals surface area contributed by atoms with E-state index in [0.29, 0.717) is 11.5 Å². The number of esters is 1. The highest BCUT2D eigenvalue weighted by Crippen LogP contribution is 2.35. The van der Waals surface area contributed by atoms with Crippen molar-refractivity contribution in [1.29, 1.82) is 0 Å². The second-order valence-corrected chi connectivity index (χ2v) is 6.10. The van der Waals surface area contributed by atoms with Gasteiger partial charge in [0.25, 0.3) is 0 Å². The molecule has 0 saturated carbocycles. The van der Waals surface area contributed by atoms with Crippen LogP contribution in [0.5, 0.6) is 0 Å². The Morgan fingerprint density at radius 2 is 2.22 bits per heavy atom. The van der Waals surface area contributed by atoms with Crippen molar-refractivity contribution >= 4 is 38.1 Å². The first-order valence-corrected chi connectivity index (χ1v) is 7.42. The maximum atomic E-state index is 12.0. The molecule has 0 bridgehead atoms. The Bertz CT molecular complexity index is 601. The van der Waals surface area contributed by atoms with Gasteiger partial charge in [0.05, 0.1) is 22.5 Å². The number of rotatable bonds is 3. The van der Waals surface area contributed by atoms with Gasteiger partial charge in [0.1, 0.15) is 9.71 Å². The quantitative estimate of drug-likeness (QED) is 0.804. The van der Waals surface area contributed by atoms with Crippen molar-refractivity contribution in [3.8, 4) is 0 Å². The summed E-state index contributed by atoms with van der Waals surface area (Å²) >= 11 is 4.94. The summed E-state index contributed by atoms with van der Waals surface area (Å²) < 4.78 is 7.90. The number of hydrogen-bond donors (Lipinski definition) is 0. The Balaban J connectivity index is 2.66. The molecule has 2 heterocycles. The van der Waals surface area contributed by atoms with Gasteiger partial charge in [-0.3, -0.25) is 0 Å². The molecule has 0 aliphatic heterocycles. The molecule has 0 aliphatic rings. The molecule has 6 heteroatoms. The van der Waals surface area contributed by atoms with Crippen LogP contribution in [0.15, 0.2) is 4.47 Å². The summed E-state index contributed by atoms with van der Waals surface area (Å²) in [7, 11) is 0. The predicted molar refractivity (Wildman–Crippen MR) is 75.6 cm³/mol. The lowest BCUT2D eigenvalue weighted by Crippen LogP contribution is -2.08. The zero-order valence-corrected chi connectivity index (χ0v) is 13.2. The molecule has 0 fully saturated rings. The number of carbonyl (C=O) groups excluding carboxylic acids is 1. The topological polar surface area (TPSA) is 43.6 Å². The minimum Gasteiger partial charge on any atom is -0.462 e. The van der Waals surface area contributed by atoms with Gasteiger partial charge in [0.15, 0.2) is 0 Å². The number of aromatic nitrogens is 2. The largest absolute Gasteiger partial charge is 0.462 e.